The van der Waals surface area contributed by atoms with Gasteiger partial charge in [-0.05, 0) is 24.6 Å². The maximum atomic E-state index is 13.1. The molecule has 3 rings (SSSR count). The average molecular weight is 494 g/mol. The number of hydrogen-bond donors (Lipinski definition) is 3. The van der Waals surface area contributed by atoms with E-state index in [1.54, 1.807) is 0 Å². The van der Waals surface area contributed by atoms with Gasteiger partial charge in [-0.1, -0.05) is 26.2 Å². The third-order valence-corrected chi connectivity index (χ3v) is 5.46. The van der Waals surface area contributed by atoms with Crippen LogP contribution in [0, 0.1) is 0 Å². The number of aromatic hydroxyl groups is 1. The predicted octanol–water partition coefficient (Wildman–Crippen LogP) is 4.61. The van der Waals surface area contributed by atoms with Crippen molar-refractivity contribution in [2.75, 3.05) is 20.8 Å². The molecule has 0 aliphatic carbocycles. The first kappa shape index (κ1) is 25.4. The molecule has 0 radical (unpaired) electrons. The van der Waals surface area contributed by atoms with Gasteiger partial charge in [-0.3, -0.25) is 14.6 Å². The van der Waals surface area contributed by atoms with Gasteiger partial charge in [0.05, 0.1) is 20.8 Å². The van der Waals surface area contributed by atoms with Crippen molar-refractivity contribution < 1.29 is 42.6 Å². The second-order valence-corrected chi connectivity index (χ2v) is 8.63. The van der Waals surface area contributed by atoms with E-state index in [1.165, 1.54) is 38.5 Å². The van der Waals surface area contributed by atoms with Crippen LogP contribution in [0.1, 0.15) is 32.6 Å². The number of rotatable bonds is 11. The molecule has 184 valence electrons. The van der Waals surface area contributed by atoms with E-state index in [0.29, 0.717) is 12.4 Å². The van der Waals surface area contributed by atoms with E-state index in [-0.39, 0.29) is 33.8 Å². The van der Waals surface area contributed by atoms with E-state index >= 15 is 0 Å². The Kier molecular flexibility index (Phi) is 8.09. The summed E-state index contributed by atoms with van der Waals surface area (Å²) in [5.41, 5.74) is 0.0564. The van der Waals surface area contributed by atoms with Gasteiger partial charge in [0.2, 0.25) is 5.75 Å². The summed E-state index contributed by atoms with van der Waals surface area (Å²) >= 11 is 0. The van der Waals surface area contributed by atoms with Gasteiger partial charge in [0.1, 0.15) is 16.7 Å². The zero-order chi connectivity index (χ0) is 24.9. The van der Waals surface area contributed by atoms with Crippen molar-refractivity contribution in [2.45, 2.75) is 32.6 Å². The van der Waals surface area contributed by atoms with E-state index in [1.807, 2.05) is 0 Å². The first-order chi connectivity index (χ1) is 16.2. The fourth-order valence-electron chi connectivity index (χ4n) is 3.45. The molecule has 0 aliphatic rings. The van der Waals surface area contributed by atoms with E-state index in [9.17, 15) is 14.5 Å². The standard InChI is InChI=1S/C23H27O10P/c1-4-5-6-7-10-31-23-21-16(25)12-18(32-19(21)13-20(29-2)22(23)30-3)14-8-9-17(15(24)11-14)33-34(26,27)28/h8-9,11-13,24H,4-7,10H2,1-3H3,(H2,26,27,28). The molecule has 3 N–H and O–H groups in total. The number of benzene rings is 2. The van der Waals surface area contributed by atoms with E-state index in [4.69, 9.17) is 28.4 Å². The molecule has 0 bridgehead atoms. The van der Waals surface area contributed by atoms with Gasteiger partial charge < -0.3 is 28.3 Å². The Labute approximate surface area is 195 Å². The number of phosphoric ester groups is 1. The number of hydrogen-bond acceptors (Lipinski definition) is 8. The lowest BCUT2D eigenvalue weighted by molar-refractivity contribution is 0.278. The smallest absolute Gasteiger partial charge is 0.504 e. The summed E-state index contributed by atoms with van der Waals surface area (Å²) in [6.45, 7) is 2.49. The topological polar surface area (TPSA) is 145 Å². The van der Waals surface area contributed by atoms with Crippen LogP contribution in [0.25, 0.3) is 22.3 Å². The molecule has 1 heterocycles. The maximum absolute atomic E-state index is 13.1. The number of methoxy groups -OCH3 is 2. The minimum atomic E-state index is -4.85. The van der Waals surface area contributed by atoms with Crippen LogP contribution in [0.15, 0.2) is 39.5 Å². The van der Waals surface area contributed by atoms with Crippen molar-refractivity contribution in [2.24, 2.45) is 0 Å². The van der Waals surface area contributed by atoms with E-state index in [2.05, 4.69) is 11.4 Å². The Morgan fingerprint density at radius 2 is 1.74 bits per heavy atom. The quantitative estimate of drug-likeness (QED) is 0.255. The maximum Gasteiger partial charge on any atom is 0.524 e. The summed E-state index contributed by atoms with van der Waals surface area (Å²) < 4.78 is 38.2. The lowest BCUT2D eigenvalue weighted by Crippen LogP contribution is -2.08. The highest BCUT2D eigenvalue weighted by Crippen LogP contribution is 2.45. The average Bonchev–Trinajstić information content (AvgIpc) is 2.78. The highest BCUT2D eigenvalue weighted by Gasteiger charge is 2.23. The SMILES string of the molecule is CCCCCCOc1c(OC)c(OC)cc2oc(-c3ccc(OP(=O)(O)O)c(O)c3)cc(=O)c12. The lowest BCUT2D eigenvalue weighted by Gasteiger charge is -2.16. The van der Waals surface area contributed by atoms with Crippen molar-refractivity contribution in [3.63, 3.8) is 0 Å². The normalized spacial score (nSPS) is 11.4. The van der Waals surface area contributed by atoms with Gasteiger partial charge >= 0.3 is 7.82 Å². The van der Waals surface area contributed by atoms with E-state index < -0.39 is 24.8 Å². The first-order valence-corrected chi connectivity index (χ1v) is 12.2. The summed E-state index contributed by atoms with van der Waals surface area (Å²) in [5.74, 6) is -0.0230. The fourth-order valence-corrected chi connectivity index (χ4v) is 3.86. The second-order valence-electron chi connectivity index (χ2n) is 7.46. The van der Waals surface area contributed by atoms with Gasteiger partial charge in [-0.15, -0.1) is 0 Å². The molecule has 0 saturated carbocycles. The third-order valence-electron chi connectivity index (χ3n) is 5.02. The van der Waals surface area contributed by atoms with Crippen LogP contribution in [-0.2, 0) is 4.57 Å². The summed E-state index contributed by atoms with van der Waals surface area (Å²) in [6.07, 6.45) is 3.96. The van der Waals surface area contributed by atoms with Crippen molar-refractivity contribution in [1.29, 1.82) is 0 Å². The first-order valence-electron chi connectivity index (χ1n) is 10.6. The number of unbranched alkanes of at least 4 members (excludes halogenated alkanes) is 3. The Balaban J connectivity index is 2.07. The zero-order valence-electron chi connectivity index (χ0n) is 19.1. The molecular weight excluding hydrogens is 467 g/mol. The summed E-state index contributed by atoms with van der Waals surface area (Å²) in [6, 6.07) is 6.46. The van der Waals surface area contributed by atoms with Crippen LogP contribution in [0.5, 0.6) is 28.7 Å². The summed E-state index contributed by atoms with van der Waals surface area (Å²) in [4.78, 5) is 31.0. The molecule has 0 amide bonds. The molecular formula is C23H27O10P. The van der Waals surface area contributed by atoms with Crippen LogP contribution in [0.3, 0.4) is 0 Å². The Morgan fingerprint density at radius 1 is 0.971 bits per heavy atom. The van der Waals surface area contributed by atoms with Gasteiger partial charge in [0, 0.05) is 17.7 Å². The molecule has 1 aromatic heterocycles. The Morgan fingerprint density at radius 3 is 2.35 bits per heavy atom. The van der Waals surface area contributed by atoms with Crippen LogP contribution in [-0.4, -0.2) is 35.7 Å². The number of fused-ring (bicyclic) bond motifs is 1. The molecule has 11 heteroatoms. The number of phenolic OH excluding ortho intramolecular Hbond substituents is 1. The largest absolute Gasteiger partial charge is 0.524 e. The molecule has 10 nitrogen and oxygen atoms in total. The molecule has 2 aromatic carbocycles. The molecule has 0 atom stereocenters. The van der Waals surface area contributed by atoms with Crippen molar-refractivity contribution in [1.82, 2.24) is 0 Å². The lowest BCUT2D eigenvalue weighted by atomic mass is 10.1. The van der Waals surface area contributed by atoms with Crippen molar-refractivity contribution in [3.05, 3.63) is 40.6 Å². The highest BCUT2D eigenvalue weighted by atomic mass is 31.2. The van der Waals surface area contributed by atoms with Gasteiger partial charge in [0.25, 0.3) is 0 Å². The second kappa shape index (κ2) is 10.8. The molecule has 0 saturated heterocycles. The molecule has 3 aromatic rings. The van der Waals surface area contributed by atoms with Gasteiger partial charge in [-0.2, -0.15) is 0 Å². The predicted molar refractivity (Wildman–Crippen MR) is 125 cm³/mol. The number of ether oxygens (including phenoxy) is 3. The molecule has 0 unspecified atom stereocenters. The molecule has 0 aliphatic heterocycles. The third kappa shape index (κ3) is 5.83. The van der Waals surface area contributed by atoms with Crippen LogP contribution >= 0.6 is 7.82 Å². The van der Waals surface area contributed by atoms with Crippen LogP contribution in [0.4, 0.5) is 0 Å². The highest BCUT2D eigenvalue weighted by molar-refractivity contribution is 7.46. The minimum Gasteiger partial charge on any atom is -0.504 e. The monoisotopic (exact) mass is 494 g/mol. The van der Waals surface area contributed by atoms with Crippen LogP contribution in [0.2, 0.25) is 0 Å². The Bertz CT molecular complexity index is 1260. The number of phenols is 1. The minimum absolute atomic E-state index is 0.108. The van der Waals surface area contributed by atoms with Gasteiger partial charge in [-0.25, -0.2) is 4.57 Å². The Hall–Kier alpha value is -3.20. The molecule has 0 spiro atoms. The number of phosphoric acid groups is 1. The molecule has 0 fully saturated rings. The summed E-state index contributed by atoms with van der Waals surface area (Å²) in [7, 11) is -1.95. The van der Waals surface area contributed by atoms with E-state index in [0.717, 1.165) is 31.7 Å². The van der Waals surface area contributed by atoms with Crippen molar-refractivity contribution in [3.8, 4) is 40.1 Å². The van der Waals surface area contributed by atoms with Crippen molar-refractivity contribution >= 4 is 18.8 Å². The molecule has 34 heavy (non-hydrogen) atoms. The van der Waals surface area contributed by atoms with Crippen LogP contribution < -0.4 is 24.2 Å². The van der Waals surface area contributed by atoms with Gasteiger partial charge in [0.15, 0.2) is 28.4 Å². The zero-order valence-corrected chi connectivity index (χ0v) is 20.0. The summed E-state index contributed by atoms with van der Waals surface area (Å²) in [5, 5.41) is 10.3. The fraction of sp³-hybridized carbons (Fsp3) is 0.348.